The van der Waals surface area contributed by atoms with Gasteiger partial charge < -0.3 is 10.3 Å². The van der Waals surface area contributed by atoms with Crippen molar-refractivity contribution in [3.05, 3.63) is 40.4 Å². The zero-order valence-corrected chi connectivity index (χ0v) is 12.8. The summed E-state index contributed by atoms with van der Waals surface area (Å²) in [6, 6.07) is 4.57. The molecule has 0 unspecified atom stereocenters. The molecule has 0 amide bonds. The summed E-state index contributed by atoms with van der Waals surface area (Å²) in [5.41, 5.74) is 1.91. The predicted molar refractivity (Wildman–Crippen MR) is 78.3 cm³/mol. The highest BCUT2D eigenvalue weighted by Gasteiger charge is 2.11. The Hall–Kier alpha value is -1.20. The topological polar surface area (TPSA) is 40.7 Å². The minimum absolute atomic E-state index is 0.0573. The number of benzene rings is 1. The molecular formula is C14H17BrFN3. The summed E-state index contributed by atoms with van der Waals surface area (Å²) in [5.74, 6) is 0.467. The lowest BCUT2D eigenvalue weighted by molar-refractivity contribution is 0.422. The number of H-pyrrole nitrogens is 1. The lowest BCUT2D eigenvalue weighted by atomic mass is 10.1. The molecule has 0 saturated carbocycles. The molecule has 0 aliphatic carbocycles. The summed E-state index contributed by atoms with van der Waals surface area (Å²) < 4.78 is 13.7. The van der Waals surface area contributed by atoms with Crippen molar-refractivity contribution >= 4 is 15.9 Å². The molecule has 1 aromatic heterocycles. The van der Waals surface area contributed by atoms with Crippen LogP contribution in [0.4, 0.5) is 4.39 Å². The average Bonchev–Trinajstić information content (AvgIpc) is 2.74. The molecule has 0 fully saturated rings. The molecule has 1 heterocycles. The fraction of sp³-hybridized carbons (Fsp3) is 0.357. The van der Waals surface area contributed by atoms with Crippen molar-refractivity contribution < 1.29 is 4.39 Å². The van der Waals surface area contributed by atoms with Crippen LogP contribution in [-0.2, 0) is 6.54 Å². The van der Waals surface area contributed by atoms with Crippen LogP contribution < -0.4 is 5.32 Å². The van der Waals surface area contributed by atoms with Gasteiger partial charge in [-0.3, -0.25) is 0 Å². The van der Waals surface area contributed by atoms with E-state index in [0.717, 1.165) is 23.6 Å². The molecule has 0 bridgehead atoms. The fourth-order valence-electron chi connectivity index (χ4n) is 1.63. The molecule has 2 rings (SSSR count). The van der Waals surface area contributed by atoms with Crippen LogP contribution in [-0.4, -0.2) is 15.5 Å². The van der Waals surface area contributed by atoms with E-state index in [0.29, 0.717) is 4.47 Å². The predicted octanol–water partition coefficient (Wildman–Crippen LogP) is 3.87. The van der Waals surface area contributed by atoms with E-state index in [9.17, 15) is 4.39 Å². The van der Waals surface area contributed by atoms with Crippen molar-refractivity contribution in [1.82, 2.24) is 15.3 Å². The van der Waals surface area contributed by atoms with Gasteiger partial charge in [0, 0.05) is 34.0 Å². The second kappa shape index (κ2) is 5.43. The minimum Gasteiger partial charge on any atom is -0.341 e. The van der Waals surface area contributed by atoms with Gasteiger partial charge in [0.1, 0.15) is 11.6 Å². The number of nitrogens with zero attached hydrogens (tertiary/aromatic N) is 1. The number of aromatic nitrogens is 2. The van der Waals surface area contributed by atoms with Crippen molar-refractivity contribution in [2.24, 2.45) is 0 Å². The van der Waals surface area contributed by atoms with Gasteiger partial charge in [-0.25, -0.2) is 9.37 Å². The molecule has 2 N–H and O–H groups in total. The van der Waals surface area contributed by atoms with Crippen LogP contribution >= 0.6 is 15.9 Å². The summed E-state index contributed by atoms with van der Waals surface area (Å²) in [6.45, 7) is 7.05. The van der Waals surface area contributed by atoms with Crippen LogP contribution in [0.15, 0.2) is 28.9 Å². The van der Waals surface area contributed by atoms with Crippen molar-refractivity contribution in [1.29, 1.82) is 0 Å². The number of imidazole rings is 1. The van der Waals surface area contributed by atoms with Gasteiger partial charge in [-0.05, 0) is 54.9 Å². The molecule has 0 saturated heterocycles. The summed E-state index contributed by atoms with van der Waals surface area (Å²) in [6.07, 6.45) is 1.80. The Morgan fingerprint density at radius 1 is 1.37 bits per heavy atom. The third kappa shape index (κ3) is 3.88. The zero-order chi connectivity index (χ0) is 14.0. The first-order valence-corrected chi connectivity index (χ1v) is 6.89. The van der Waals surface area contributed by atoms with E-state index in [1.165, 1.54) is 12.1 Å². The maximum atomic E-state index is 13.0. The zero-order valence-electron chi connectivity index (χ0n) is 11.2. The van der Waals surface area contributed by atoms with Crippen LogP contribution in [0.25, 0.3) is 11.4 Å². The number of hydrogen-bond donors (Lipinski definition) is 2. The molecule has 1 aromatic carbocycles. The first-order chi connectivity index (χ1) is 8.85. The first-order valence-electron chi connectivity index (χ1n) is 6.09. The lowest BCUT2D eigenvalue weighted by Crippen LogP contribution is -2.35. The van der Waals surface area contributed by atoms with E-state index in [-0.39, 0.29) is 11.4 Å². The molecule has 0 radical (unpaired) electrons. The molecule has 102 valence electrons. The molecule has 0 aliphatic rings. The van der Waals surface area contributed by atoms with E-state index in [1.54, 1.807) is 12.3 Å². The second-order valence-corrected chi connectivity index (χ2v) is 6.34. The van der Waals surface area contributed by atoms with Gasteiger partial charge in [0.2, 0.25) is 0 Å². The number of hydrogen-bond acceptors (Lipinski definition) is 2. The van der Waals surface area contributed by atoms with Gasteiger partial charge in [0.05, 0.1) is 0 Å². The van der Waals surface area contributed by atoms with E-state index in [1.807, 2.05) is 0 Å². The van der Waals surface area contributed by atoms with E-state index in [2.05, 4.69) is 52.0 Å². The minimum atomic E-state index is -0.267. The molecule has 3 nitrogen and oxygen atoms in total. The van der Waals surface area contributed by atoms with Crippen LogP contribution in [0, 0.1) is 5.82 Å². The highest BCUT2D eigenvalue weighted by Crippen LogP contribution is 2.26. The van der Waals surface area contributed by atoms with Crippen LogP contribution in [0.3, 0.4) is 0 Å². The van der Waals surface area contributed by atoms with E-state index in [4.69, 9.17) is 0 Å². The highest BCUT2D eigenvalue weighted by atomic mass is 79.9. The highest BCUT2D eigenvalue weighted by molar-refractivity contribution is 9.10. The molecule has 0 spiro atoms. The smallest absolute Gasteiger partial charge is 0.138 e. The Labute approximate surface area is 120 Å². The Kier molecular flexibility index (Phi) is 4.06. The molecule has 2 aromatic rings. The van der Waals surface area contributed by atoms with Gasteiger partial charge in [-0.1, -0.05) is 0 Å². The van der Waals surface area contributed by atoms with E-state index < -0.39 is 0 Å². The molecule has 5 heteroatoms. The fourth-order valence-corrected chi connectivity index (χ4v) is 2.17. The van der Waals surface area contributed by atoms with Crippen LogP contribution in [0.1, 0.15) is 26.5 Å². The van der Waals surface area contributed by atoms with Crippen LogP contribution in [0.2, 0.25) is 0 Å². The average molecular weight is 326 g/mol. The van der Waals surface area contributed by atoms with Crippen LogP contribution in [0.5, 0.6) is 0 Å². The third-order valence-corrected chi connectivity index (χ3v) is 3.28. The Balaban J connectivity index is 2.16. The van der Waals surface area contributed by atoms with Crippen molar-refractivity contribution in [2.75, 3.05) is 0 Å². The number of halogens is 2. The molecular weight excluding hydrogens is 309 g/mol. The van der Waals surface area contributed by atoms with Crippen molar-refractivity contribution in [3.8, 4) is 11.4 Å². The second-order valence-electron chi connectivity index (χ2n) is 5.48. The third-order valence-electron chi connectivity index (χ3n) is 2.62. The lowest BCUT2D eigenvalue weighted by Gasteiger charge is -2.19. The number of nitrogens with one attached hydrogen (secondary N) is 2. The summed E-state index contributed by atoms with van der Waals surface area (Å²) in [5, 5.41) is 3.38. The van der Waals surface area contributed by atoms with Gasteiger partial charge in [0.15, 0.2) is 0 Å². The maximum absolute atomic E-state index is 13.0. The van der Waals surface area contributed by atoms with Gasteiger partial charge in [0.25, 0.3) is 0 Å². The maximum Gasteiger partial charge on any atom is 0.138 e. The van der Waals surface area contributed by atoms with Gasteiger partial charge in [-0.15, -0.1) is 0 Å². The largest absolute Gasteiger partial charge is 0.341 e. The van der Waals surface area contributed by atoms with Gasteiger partial charge >= 0.3 is 0 Å². The quantitative estimate of drug-likeness (QED) is 0.899. The molecule has 19 heavy (non-hydrogen) atoms. The monoisotopic (exact) mass is 325 g/mol. The first kappa shape index (κ1) is 14.2. The summed E-state index contributed by atoms with van der Waals surface area (Å²) in [4.78, 5) is 7.57. The van der Waals surface area contributed by atoms with Crippen molar-refractivity contribution in [3.63, 3.8) is 0 Å². The Morgan fingerprint density at radius 2 is 2.11 bits per heavy atom. The summed E-state index contributed by atoms with van der Waals surface area (Å²) >= 11 is 3.35. The Morgan fingerprint density at radius 3 is 2.74 bits per heavy atom. The standard InChI is InChI=1S/C14H17BrFN3/c1-14(2,3)18-8-10-7-17-13(19-10)11-5-4-9(16)6-12(11)15/h4-7,18H,8H2,1-3H3,(H,17,19). The Bertz CT molecular complexity index is 572. The van der Waals surface area contributed by atoms with Crippen molar-refractivity contribution in [2.45, 2.75) is 32.9 Å². The van der Waals surface area contributed by atoms with Gasteiger partial charge in [-0.2, -0.15) is 0 Å². The summed E-state index contributed by atoms with van der Waals surface area (Å²) in [7, 11) is 0. The SMILES string of the molecule is CC(C)(C)NCc1cnc(-c2ccc(F)cc2Br)[nH]1. The normalized spacial score (nSPS) is 11.8. The molecule has 0 atom stereocenters. The molecule has 0 aliphatic heterocycles. The number of rotatable bonds is 3. The number of aromatic amines is 1. The van der Waals surface area contributed by atoms with E-state index >= 15 is 0 Å².